The fourth-order valence-electron chi connectivity index (χ4n) is 0.828. The van der Waals surface area contributed by atoms with Crippen molar-refractivity contribution in [1.82, 2.24) is 5.32 Å². The minimum atomic E-state index is -1.13. The number of furan rings is 1. The molecule has 6 nitrogen and oxygen atoms in total. The zero-order chi connectivity index (χ0) is 10.6. The molecule has 0 aromatic carbocycles. The van der Waals surface area contributed by atoms with E-state index in [0.717, 1.165) is 0 Å². The number of hydrogen-bond donors (Lipinski definition) is 3. The second kappa shape index (κ2) is 4.43. The summed E-state index contributed by atoms with van der Waals surface area (Å²) in [6.45, 7) is -0.764. The number of nitrogens with one attached hydrogen (secondary N) is 1. The van der Waals surface area contributed by atoms with Crippen molar-refractivity contribution >= 4 is 11.9 Å². The van der Waals surface area contributed by atoms with Crippen molar-refractivity contribution in [2.45, 2.75) is 6.61 Å². The maximum Gasteiger partial charge on any atom is 0.322 e. The average Bonchev–Trinajstić information content (AvgIpc) is 2.62. The SMILES string of the molecule is O=C([15NH][13CH2][13C](=O)O)c1ccc(CO)o1. The molecule has 0 aliphatic heterocycles. The maximum absolute atomic E-state index is 11.1. The van der Waals surface area contributed by atoms with Crippen molar-refractivity contribution in [3.8, 4) is 0 Å². The number of aliphatic hydroxyl groups excluding tert-OH is 1. The van der Waals surface area contributed by atoms with E-state index in [1.807, 2.05) is 0 Å². The Morgan fingerprint density at radius 1 is 1.43 bits per heavy atom. The molecule has 1 aromatic heterocycles. The molecule has 0 spiro atoms. The molecule has 0 atom stereocenters. The number of aliphatic hydroxyl groups is 1. The molecule has 0 fully saturated rings. The van der Waals surface area contributed by atoms with Gasteiger partial charge in [0.05, 0.1) is 0 Å². The third-order valence-corrected chi connectivity index (χ3v) is 1.44. The largest absolute Gasteiger partial charge is 0.480 e. The molecular formula is C8H9NO5. The lowest BCUT2D eigenvalue weighted by Crippen LogP contribution is -2.28. The third-order valence-electron chi connectivity index (χ3n) is 1.44. The summed E-state index contributed by atoms with van der Waals surface area (Å²) in [5, 5.41) is 19.0. The lowest BCUT2D eigenvalue weighted by molar-refractivity contribution is -0.135. The summed E-state index contributed by atoms with van der Waals surface area (Å²) in [5.41, 5.74) is 0. The second-order valence-electron chi connectivity index (χ2n) is 2.50. The molecule has 1 rings (SSSR count). The number of aliphatic carboxylic acids is 1. The molecule has 14 heavy (non-hydrogen) atoms. The Hall–Kier alpha value is -1.82. The monoisotopic (exact) mass is 202 g/mol. The van der Waals surface area contributed by atoms with Crippen LogP contribution in [-0.2, 0) is 11.4 Å². The lowest BCUT2D eigenvalue weighted by atomic mass is 10.4. The fourth-order valence-corrected chi connectivity index (χ4v) is 0.828. The molecule has 0 saturated carbocycles. The van der Waals surface area contributed by atoms with Gasteiger partial charge in [0.25, 0.3) is 5.91 Å². The van der Waals surface area contributed by atoms with Crippen molar-refractivity contribution in [2.24, 2.45) is 0 Å². The number of hydrogen-bond acceptors (Lipinski definition) is 4. The van der Waals surface area contributed by atoms with Crippen LogP contribution in [0.2, 0.25) is 0 Å². The van der Waals surface area contributed by atoms with Crippen molar-refractivity contribution in [3.05, 3.63) is 23.7 Å². The van der Waals surface area contributed by atoms with Crippen LogP contribution in [0.5, 0.6) is 0 Å². The van der Waals surface area contributed by atoms with E-state index < -0.39 is 18.4 Å². The number of amides is 1. The van der Waals surface area contributed by atoms with Crippen LogP contribution in [-0.4, -0.2) is 28.6 Å². The highest BCUT2D eigenvalue weighted by Gasteiger charge is 2.11. The Labute approximate surface area is 79.1 Å². The molecular weight excluding hydrogens is 193 g/mol. The van der Waals surface area contributed by atoms with Gasteiger partial charge in [0, 0.05) is 0 Å². The van der Waals surface area contributed by atoms with E-state index in [1.54, 1.807) is 0 Å². The summed E-state index contributed by atoms with van der Waals surface area (Å²) in [5.74, 6) is -1.51. The summed E-state index contributed by atoms with van der Waals surface area (Å²) >= 11 is 0. The Morgan fingerprint density at radius 2 is 2.14 bits per heavy atom. The molecule has 0 unspecified atom stereocenters. The Morgan fingerprint density at radius 3 is 2.64 bits per heavy atom. The van der Waals surface area contributed by atoms with Gasteiger partial charge in [-0.05, 0) is 12.1 Å². The first kappa shape index (κ1) is 10.3. The normalized spacial score (nSPS) is 9.79. The predicted molar refractivity (Wildman–Crippen MR) is 44.6 cm³/mol. The van der Waals surface area contributed by atoms with E-state index in [2.05, 4.69) is 5.32 Å². The predicted octanol–water partition coefficient (Wildman–Crippen LogP) is -0.414. The molecule has 0 aliphatic carbocycles. The van der Waals surface area contributed by atoms with Crippen molar-refractivity contribution < 1.29 is 24.2 Å². The highest BCUT2D eigenvalue weighted by molar-refractivity contribution is 5.93. The zero-order valence-corrected chi connectivity index (χ0v) is 7.19. The molecule has 3 N–H and O–H groups in total. The van der Waals surface area contributed by atoms with Gasteiger partial charge in [-0.1, -0.05) is 0 Å². The van der Waals surface area contributed by atoms with Gasteiger partial charge in [-0.15, -0.1) is 0 Å². The summed E-state index contributed by atoms with van der Waals surface area (Å²) in [4.78, 5) is 21.2. The first-order valence-corrected chi connectivity index (χ1v) is 3.83. The van der Waals surface area contributed by atoms with Gasteiger partial charge in [-0.2, -0.15) is 0 Å². The Balaban J connectivity index is 2.56. The lowest BCUT2D eigenvalue weighted by Gasteiger charge is -1.97. The van der Waals surface area contributed by atoms with E-state index in [9.17, 15) is 9.59 Å². The molecule has 0 radical (unpaired) electrons. The maximum atomic E-state index is 11.1. The summed E-state index contributed by atoms with van der Waals surface area (Å²) in [7, 11) is 0. The standard InChI is InChI=1S/C8H9NO5/c10-4-5-1-2-6(14-5)8(13)9-3-7(11)12/h1-2,10H,3-4H2,(H,9,13)(H,11,12)/i3+1,7+1,9+1. The van der Waals surface area contributed by atoms with Crippen LogP contribution in [0.3, 0.4) is 0 Å². The summed E-state index contributed by atoms with van der Waals surface area (Å²) in [6, 6.07) is 2.80. The van der Waals surface area contributed by atoms with Gasteiger partial charge in [-0.3, -0.25) is 9.59 Å². The van der Waals surface area contributed by atoms with Crippen LogP contribution < -0.4 is 5.32 Å². The van der Waals surface area contributed by atoms with Crippen LogP contribution in [0.15, 0.2) is 16.5 Å². The molecule has 76 valence electrons. The van der Waals surface area contributed by atoms with Gasteiger partial charge in [-0.25, -0.2) is 0 Å². The number of carbonyl (C=O) groups is 2. The Bertz CT molecular complexity index is 343. The number of rotatable bonds is 4. The highest BCUT2D eigenvalue weighted by Crippen LogP contribution is 2.06. The van der Waals surface area contributed by atoms with Crippen molar-refractivity contribution in [3.63, 3.8) is 0 Å². The van der Waals surface area contributed by atoms with E-state index >= 15 is 0 Å². The second-order valence-corrected chi connectivity index (χ2v) is 2.50. The van der Waals surface area contributed by atoms with Crippen LogP contribution in [0.4, 0.5) is 0 Å². The minimum absolute atomic E-state index is 0.0182. The summed E-state index contributed by atoms with van der Waals surface area (Å²) < 4.78 is 4.87. The van der Waals surface area contributed by atoms with Gasteiger partial charge < -0.3 is 19.9 Å². The van der Waals surface area contributed by atoms with Crippen molar-refractivity contribution in [2.75, 3.05) is 6.54 Å². The average molecular weight is 202 g/mol. The molecule has 1 aromatic rings. The first-order chi connectivity index (χ1) is 6.63. The quantitative estimate of drug-likeness (QED) is 0.455. The van der Waals surface area contributed by atoms with Gasteiger partial charge in [0.15, 0.2) is 5.76 Å². The van der Waals surface area contributed by atoms with E-state index in [-0.39, 0.29) is 18.1 Å². The van der Waals surface area contributed by atoms with Crippen LogP contribution in [0.1, 0.15) is 16.3 Å². The molecule has 0 saturated heterocycles. The zero-order valence-electron chi connectivity index (χ0n) is 7.19. The van der Waals surface area contributed by atoms with Gasteiger partial charge in [0.1, 0.15) is 18.9 Å². The number of carbonyl (C=O) groups excluding carboxylic acids is 1. The third kappa shape index (κ3) is 2.60. The molecule has 0 bridgehead atoms. The van der Waals surface area contributed by atoms with Crippen LogP contribution in [0, 0.1) is 0 Å². The first-order valence-electron chi connectivity index (χ1n) is 3.83. The molecule has 1 heterocycles. The molecule has 6 heteroatoms. The highest BCUT2D eigenvalue weighted by atomic mass is 16.5. The van der Waals surface area contributed by atoms with E-state index in [4.69, 9.17) is 14.6 Å². The van der Waals surface area contributed by atoms with Crippen LogP contribution in [0.25, 0.3) is 0 Å². The summed E-state index contributed by atoms with van der Waals surface area (Å²) in [6.07, 6.45) is 0. The number of carboxylic acids is 1. The van der Waals surface area contributed by atoms with Gasteiger partial charge >= 0.3 is 5.97 Å². The number of carboxylic acid groups (broad SMARTS) is 1. The minimum Gasteiger partial charge on any atom is -0.480 e. The fraction of sp³-hybridized carbons (Fsp3) is 0.250. The molecule has 0 aliphatic rings. The van der Waals surface area contributed by atoms with E-state index in [1.165, 1.54) is 12.1 Å². The molecule has 1 amide bonds. The van der Waals surface area contributed by atoms with Gasteiger partial charge in [0.2, 0.25) is 0 Å². The van der Waals surface area contributed by atoms with Crippen molar-refractivity contribution in [1.29, 1.82) is 0 Å². The smallest absolute Gasteiger partial charge is 0.322 e. The van der Waals surface area contributed by atoms with E-state index in [0.29, 0.717) is 0 Å². The Kier molecular flexibility index (Phi) is 3.24. The topological polar surface area (TPSA) is 99.8 Å². The van der Waals surface area contributed by atoms with Crippen LogP contribution >= 0.6 is 0 Å².